The maximum absolute atomic E-state index is 12.0. The van der Waals surface area contributed by atoms with E-state index in [-0.39, 0.29) is 24.6 Å². The molecule has 6 nitrogen and oxygen atoms in total. The highest BCUT2D eigenvalue weighted by atomic mass is 16.5. The molecular weight excluding hydrogens is 248 g/mol. The van der Waals surface area contributed by atoms with Gasteiger partial charge >= 0.3 is 12.0 Å². The first-order chi connectivity index (χ1) is 9.04. The van der Waals surface area contributed by atoms with Crippen LogP contribution in [0.25, 0.3) is 0 Å². The van der Waals surface area contributed by atoms with E-state index in [4.69, 9.17) is 9.84 Å². The minimum Gasteiger partial charge on any atom is -0.481 e. The minimum atomic E-state index is -0.790. The number of aliphatic carboxylic acids is 1. The number of likely N-dealkylation sites (tertiary alicyclic amines) is 1. The van der Waals surface area contributed by atoms with Crippen molar-refractivity contribution in [3.8, 4) is 0 Å². The van der Waals surface area contributed by atoms with Crippen molar-refractivity contribution in [2.75, 3.05) is 20.2 Å². The minimum absolute atomic E-state index is 0.0580. The summed E-state index contributed by atoms with van der Waals surface area (Å²) in [6.45, 7) is 3.26. The molecule has 110 valence electrons. The fourth-order valence-electron chi connectivity index (χ4n) is 2.34. The van der Waals surface area contributed by atoms with Crippen molar-refractivity contribution in [3.63, 3.8) is 0 Å². The number of carbonyl (C=O) groups excluding carboxylic acids is 1. The highest BCUT2D eigenvalue weighted by molar-refractivity contribution is 5.74. The van der Waals surface area contributed by atoms with Crippen LogP contribution in [0.4, 0.5) is 4.79 Å². The van der Waals surface area contributed by atoms with Gasteiger partial charge in [-0.05, 0) is 32.6 Å². The molecule has 6 heteroatoms. The van der Waals surface area contributed by atoms with Crippen molar-refractivity contribution in [2.45, 2.75) is 51.2 Å². The molecule has 0 radical (unpaired) electrons. The van der Waals surface area contributed by atoms with Crippen molar-refractivity contribution in [3.05, 3.63) is 0 Å². The maximum atomic E-state index is 12.0. The van der Waals surface area contributed by atoms with Gasteiger partial charge in [0.25, 0.3) is 0 Å². The Balaban J connectivity index is 2.20. The average Bonchev–Trinajstić information content (AvgIpc) is 2.37. The highest BCUT2D eigenvalue weighted by Gasteiger charge is 2.28. The third-order valence-corrected chi connectivity index (χ3v) is 3.52. The number of unbranched alkanes of at least 4 members (excludes halogenated alkanes) is 1. The molecule has 0 spiro atoms. The average molecular weight is 272 g/mol. The van der Waals surface area contributed by atoms with Gasteiger partial charge in [-0.3, -0.25) is 4.79 Å². The molecule has 1 aliphatic rings. The number of carboxylic acids is 1. The molecule has 0 bridgehead atoms. The zero-order valence-electron chi connectivity index (χ0n) is 11.7. The predicted molar refractivity (Wildman–Crippen MR) is 71.1 cm³/mol. The molecule has 2 atom stereocenters. The van der Waals surface area contributed by atoms with Gasteiger partial charge in [-0.15, -0.1) is 0 Å². The second-order valence-electron chi connectivity index (χ2n) is 5.01. The topological polar surface area (TPSA) is 78.9 Å². The fourth-order valence-corrected chi connectivity index (χ4v) is 2.34. The molecular formula is C13H24N2O4. The van der Waals surface area contributed by atoms with Gasteiger partial charge in [-0.25, -0.2) is 4.79 Å². The maximum Gasteiger partial charge on any atom is 0.317 e. The van der Waals surface area contributed by atoms with E-state index in [0.717, 1.165) is 12.8 Å². The van der Waals surface area contributed by atoms with Crippen LogP contribution in [0.2, 0.25) is 0 Å². The molecule has 19 heavy (non-hydrogen) atoms. The van der Waals surface area contributed by atoms with Gasteiger partial charge in [-0.2, -0.15) is 0 Å². The third kappa shape index (κ3) is 5.46. The number of rotatable bonds is 6. The highest BCUT2D eigenvalue weighted by Crippen LogP contribution is 2.19. The Kier molecular flexibility index (Phi) is 6.62. The van der Waals surface area contributed by atoms with Crippen LogP contribution in [-0.4, -0.2) is 54.4 Å². The molecule has 2 N–H and O–H groups in total. The molecule has 0 aromatic rings. The number of ether oxygens (including phenoxy) is 1. The van der Waals surface area contributed by atoms with Gasteiger partial charge in [0.15, 0.2) is 0 Å². The lowest BCUT2D eigenvalue weighted by atomic mass is 10.0. The molecule has 1 rings (SSSR count). The summed E-state index contributed by atoms with van der Waals surface area (Å²) in [5, 5.41) is 11.3. The van der Waals surface area contributed by atoms with Crippen LogP contribution >= 0.6 is 0 Å². The van der Waals surface area contributed by atoms with E-state index in [0.29, 0.717) is 25.9 Å². The zero-order valence-corrected chi connectivity index (χ0v) is 11.7. The summed E-state index contributed by atoms with van der Waals surface area (Å²) in [5.41, 5.74) is 0. The van der Waals surface area contributed by atoms with Gasteiger partial charge in [-0.1, -0.05) is 0 Å². The largest absolute Gasteiger partial charge is 0.481 e. The lowest BCUT2D eigenvalue weighted by Gasteiger charge is -2.37. The molecule has 2 amide bonds. The van der Waals surface area contributed by atoms with Crippen molar-refractivity contribution >= 4 is 12.0 Å². The monoisotopic (exact) mass is 272 g/mol. The summed E-state index contributed by atoms with van der Waals surface area (Å²) in [6.07, 6.45) is 3.43. The number of urea groups is 1. The van der Waals surface area contributed by atoms with Gasteiger partial charge in [0.05, 0.1) is 6.10 Å². The van der Waals surface area contributed by atoms with Crippen LogP contribution < -0.4 is 5.32 Å². The van der Waals surface area contributed by atoms with E-state index in [1.807, 2.05) is 11.8 Å². The predicted octanol–water partition coefficient (Wildman–Crippen LogP) is 1.45. The van der Waals surface area contributed by atoms with E-state index < -0.39 is 5.97 Å². The van der Waals surface area contributed by atoms with Gasteiger partial charge in [0, 0.05) is 32.7 Å². The number of methoxy groups -OCH3 is 1. The summed E-state index contributed by atoms with van der Waals surface area (Å²) in [4.78, 5) is 24.1. The standard InChI is InChI=1S/C13H24N2O4/c1-10-9-11(19-2)6-8-15(10)13(18)14-7-4-3-5-12(16)17/h10-11H,3-9H2,1-2H3,(H,14,18)(H,16,17). The number of hydrogen-bond donors (Lipinski definition) is 2. The van der Waals surface area contributed by atoms with E-state index in [2.05, 4.69) is 5.32 Å². The Morgan fingerprint density at radius 2 is 2.16 bits per heavy atom. The fraction of sp³-hybridized carbons (Fsp3) is 0.846. The Bertz CT molecular complexity index is 309. The van der Waals surface area contributed by atoms with Crippen molar-refractivity contribution in [1.29, 1.82) is 0 Å². The molecule has 2 unspecified atom stereocenters. The number of piperidine rings is 1. The molecule has 0 aliphatic carbocycles. The van der Waals surface area contributed by atoms with Gasteiger partial charge in [0.2, 0.25) is 0 Å². The second-order valence-corrected chi connectivity index (χ2v) is 5.01. The summed E-state index contributed by atoms with van der Waals surface area (Å²) in [5.74, 6) is -0.790. The normalized spacial score (nSPS) is 23.2. The van der Waals surface area contributed by atoms with Crippen LogP contribution in [0.15, 0.2) is 0 Å². The van der Waals surface area contributed by atoms with E-state index in [1.54, 1.807) is 7.11 Å². The Hall–Kier alpha value is -1.30. The number of nitrogens with zero attached hydrogens (tertiary/aromatic N) is 1. The van der Waals surface area contributed by atoms with Crippen LogP contribution in [-0.2, 0) is 9.53 Å². The number of amides is 2. The van der Waals surface area contributed by atoms with Crippen LogP contribution in [0, 0.1) is 0 Å². The van der Waals surface area contributed by atoms with Crippen LogP contribution in [0.1, 0.15) is 39.0 Å². The summed E-state index contributed by atoms with van der Waals surface area (Å²) in [6, 6.07) is 0.120. The molecule has 0 saturated carbocycles. The number of carboxylic acid groups (broad SMARTS) is 1. The molecule has 0 aromatic carbocycles. The molecule has 1 heterocycles. The van der Waals surface area contributed by atoms with E-state index in [1.165, 1.54) is 0 Å². The van der Waals surface area contributed by atoms with Crippen molar-refractivity contribution in [1.82, 2.24) is 10.2 Å². The van der Waals surface area contributed by atoms with Gasteiger partial charge in [0.1, 0.15) is 0 Å². The smallest absolute Gasteiger partial charge is 0.317 e. The second kappa shape index (κ2) is 7.99. The van der Waals surface area contributed by atoms with Gasteiger partial charge < -0.3 is 20.1 Å². The first kappa shape index (κ1) is 15.8. The summed E-state index contributed by atoms with van der Waals surface area (Å²) < 4.78 is 5.31. The first-order valence-corrected chi connectivity index (χ1v) is 6.83. The van der Waals surface area contributed by atoms with Crippen LogP contribution in [0.3, 0.4) is 0 Å². The quantitative estimate of drug-likeness (QED) is 0.717. The zero-order chi connectivity index (χ0) is 14.3. The lowest BCUT2D eigenvalue weighted by molar-refractivity contribution is -0.137. The third-order valence-electron chi connectivity index (χ3n) is 3.52. The number of nitrogens with one attached hydrogen (secondary N) is 1. The molecule has 1 fully saturated rings. The molecule has 1 saturated heterocycles. The molecule has 1 aliphatic heterocycles. The van der Waals surface area contributed by atoms with E-state index >= 15 is 0 Å². The Labute approximate surface area is 114 Å². The lowest BCUT2D eigenvalue weighted by Crippen LogP contribution is -2.50. The first-order valence-electron chi connectivity index (χ1n) is 6.83. The van der Waals surface area contributed by atoms with E-state index in [9.17, 15) is 9.59 Å². The van der Waals surface area contributed by atoms with Crippen molar-refractivity contribution < 1.29 is 19.4 Å². The number of carbonyl (C=O) groups is 2. The van der Waals surface area contributed by atoms with Crippen molar-refractivity contribution in [2.24, 2.45) is 0 Å². The number of hydrogen-bond acceptors (Lipinski definition) is 3. The summed E-state index contributed by atoms with van der Waals surface area (Å²) >= 11 is 0. The molecule has 0 aromatic heterocycles. The van der Waals surface area contributed by atoms with Crippen LogP contribution in [0.5, 0.6) is 0 Å². The summed E-state index contributed by atoms with van der Waals surface area (Å²) in [7, 11) is 1.70. The Morgan fingerprint density at radius 3 is 2.74 bits per heavy atom. The Morgan fingerprint density at radius 1 is 1.42 bits per heavy atom. The SMILES string of the molecule is COC1CCN(C(=O)NCCCCC(=O)O)C(C)C1.